The molecule has 4 nitrogen and oxygen atoms in total. The van der Waals surface area contributed by atoms with Crippen molar-refractivity contribution in [2.45, 2.75) is 26.2 Å². The molecule has 110 valence electrons. The monoisotopic (exact) mass is 286 g/mol. The molecule has 21 heavy (non-hydrogen) atoms. The number of aromatic hydroxyl groups is 3. The Balaban J connectivity index is 2.15. The summed E-state index contributed by atoms with van der Waals surface area (Å²) in [5.41, 5.74) is 1.87. The predicted molar refractivity (Wildman–Crippen MR) is 79.9 cm³/mol. The summed E-state index contributed by atoms with van der Waals surface area (Å²) < 4.78 is 0. The lowest BCUT2D eigenvalue weighted by molar-refractivity contribution is 0.0979. The van der Waals surface area contributed by atoms with Gasteiger partial charge < -0.3 is 15.3 Å². The Labute approximate surface area is 123 Å². The molecule has 0 spiro atoms. The van der Waals surface area contributed by atoms with E-state index in [-0.39, 0.29) is 35.0 Å². The maximum atomic E-state index is 12.3. The van der Waals surface area contributed by atoms with Gasteiger partial charge in [-0.1, -0.05) is 19.1 Å². The third kappa shape index (κ3) is 3.54. The van der Waals surface area contributed by atoms with Crippen molar-refractivity contribution in [1.82, 2.24) is 0 Å². The van der Waals surface area contributed by atoms with Crippen LogP contribution < -0.4 is 0 Å². The molecule has 0 aliphatic rings. The lowest BCUT2D eigenvalue weighted by Crippen LogP contribution is -2.05. The van der Waals surface area contributed by atoms with E-state index in [1.165, 1.54) is 12.1 Å². The van der Waals surface area contributed by atoms with Crippen molar-refractivity contribution >= 4 is 5.78 Å². The zero-order chi connectivity index (χ0) is 15.4. The number of phenols is 3. The highest BCUT2D eigenvalue weighted by Gasteiger charge is 2.16. The van der Waals surface area contributed by atoms with Crippen LogP contribution in [-0.2, 0) is 12.8 Å². The van der Waals surface area contributed by atoms with E-state index in [9.17, 15) is 20.1 Å². The van der Waals surface area contributed by atoms with Crippen LogP contribution in [-0.4, -0.2) is 21.1 Å². The molecule has 0 amide bonds. The Morgan fingerprint density at radius 3 is 2.29 bits per heavy atom. The second-order valence-electron chi connectivity index (χ2n) is 4.94. The minimum Gasteiger partial charge on any atom is -0.508 e. The summed E-state index contributed by atoms with van der Waals surface area (Å²) >= 11 is 0. The molecule has 0 atom stereocenters. The average Bonchev–Trinajstić information content (AvgIpc) is 2.45. The van der Waals surface area contributed by atoms with Crippen LogP contribution in [0.15, 0.2) is 36.4 Å². The molecule has 0 saturated heterocycles. The van der Waals surface area contributed by atoms with Gasteiger partial charge in [0.15, 0.2) is 5.78 Å². The molecular formula is C17H18O4. The summed E-state index contributed by atoms with van der Waals surface area (Å²) in [6.07, 6.45) is 1.35. The van der Waals surface area contributed by atoms with Gasteiger partial charge in [0.1, 0.15) is 17.2 Å². The summed E-state index contributed by atoms with van der Waals surface area (Å²) in [7, 11) is 0. The second kappa shape index (κ2) is 6.31. The van der Waals surface area contributed by atoms with Gasteiger partial charge in [0, 0.05) is 12.5 Å². The van der Waals surface area contributed by atoms with Crippen molar-refractivity contribution < 1.29 is 20.1 Å². The molecule has 0 bridgehead atoms. The van der Waals surface area contributed by atoms with Gasteiger partial charge in [0.2, 0.25) is 0 Å². The molecule has 0 radical (unpaired) electrons. The highest BCUT2D eigenvalue weighted by atomic mass is 16.3. The largest absolute Gasteiger partial charge is 0.508 e. The van der Waals surface area contributed by atoms with Gasteiger partial charge in [-0.05, 0) is 42.2 Å². The van der Waals surface area contributed by atoms with Gasteiger partial charge >= 0.3 is 0 Å². The number of hydrogen-bond acceptors (Lipinski definition) is 4. The Bertz CT molecular complexity index is 645. The van der Waals surface area contributed by atoms with Crippen LogP contribution in [0.25, 0.3) is 0 Å². The van der Waals surface area contributed by atoms with E-state index < -0.39 is 0 Å². The van der Waals surface area contributed by atoms with Crippen LogP contribution in [0.1, 0.15) is 34.8 Å². The fourth-order valence-corrected chi connectivity index (χ4v) is 2.32. The van der Waals surface area contributed by atoms with E-state index in [1.54, 1.807) is 24.3 Å². The average molecular weight is 286 g/mol. The molecule has 0 aliphatic heterocycles. The van der Waals surface area contributed by atoms with E-state index in [2.05, 4.69) is 0 Å². The van der Waals surface area contributed by atoms with E-state index in [4.69, 9.17) is 0 Å². The van der Waals surface area contributed by atoms with Crippen molar-refractivity contribution in [1.29, 1.82) is 0 Å². The van der Waals surface area contributed by atoms with Crippen molar-refractivity contribution in [3.63, 3.8) is 0 Å². The van der Waals surface area contributed by atoms with Crippen LogP contribution in [0.3, 0.4) is 0 Å². The standard InChI is InChI=1S/C17H18O4/c1-2-12-9-14(19)10-16(21)17(12)15(20)8-5-11-3-6-13(18)7-4-11/h3-4,6-7,9-10,18-19,21H,2,5,8H2,1H3. The maximum absolute atomic E-state index is 12.3. The number of carbonyl (C=O) groups is 1. The number of hydrogen-bond donors (Lipinski definition) is 3. The second-order valence-corrected chi connectivity index (χ2v) is 4.94. The quantitative estimate of drug-likeness (QED) is 0.738. The summed E-state index contributed by atoms with van der Waals surface area (Å²) in [5, 5.41) is 28.6. The molecule has 0 aromatic heterocycles. The number of aryl methyl sites for hydroxylation is 2. The predicted octanol–water partition coefficient (Wildman–Crippen LogP) is 3.18. The molecular weight excluding hydrogens is 268 g/mol. The van der Waals surface area contributed by atoms with Crippen LogP contribution >= 0.6 is 0 Å². The van der Waals surface area contributed by atoms with Gasteiger partial charge in [-0.15, -0.1) is 0 Å². The van der Waals surface area contributed by atoms with Crippen LogP contribution in [0.2, 0.25) is 0 Å². The molecule has 0 heterocycles. The van der Waals surface area contributed by atoms with Crippen molar-refractivity contribution in [3.8, 4) is 17.2 Å². The van der Waals surface area contributed by atoms with Crippen molar-refractivity contribution in [2.75, 3.05) is 0 Å². The summed E-state index contributed by atoms with van der Waals surface area (Å²) in [6, 6.07) is 9.38. The fraction of sp³-hybridized carbons (Fsp3) is 0.235. The number of phenolic OH excluding ortho intramolecular Hbond substituents is 3. The number of benzene rings is 2. The molecule has 3 N–H and O–H groups in total. The third-order valence-corrected chi connectivity index (χ3v) is 3.42. The van der Waals surface area contributed by atoms with Gasteiger partial charge in [-0.25, -0.2) is 0 Å². The Kier molecular flexibility index (Phi) is 4.48. The molecule has 0 aliphatic carbocycles. The van der Waals surface area contributed by atoms with E-state index in [1.807, 2.05) is 6.92 Å². The lowest BCUT2D eigenvalue weighted by atomic mass is 9.96. The number of rotatable bonds is 5. The van der Waals surface area contributed by atoms with Crippen LogP contribution in [0.5, 0.6) is 17.2 Å². The van der Waals surface area contributed by atoms with Gasteiger partial charge in [-0.2, -0.15) is 0 Å². The molecule has 2 rings (SSSR count). The smallest absolute Gasteiger partial charge is 0.167 e. The normalized spacial score (nSPS) is 10.5. The fourth-order valence-electron chi connectivity index (χ4n) is 2.32. The maximum Gasteiger partial charge on any atom is 0.167 e. The van der Waals surface area contributed by atoms with E-state index in [0.717, 1.165) is 5.56 Å². The molecule has 0 unspecified atom stereocenters. The number of ketones is 1. The zero-order valence-corrected chi connectivity index (χ0v) is 11.8. The van der Waals surface area contributed by atoms with Crippen molar-refractivity contribution in [3.05, 3.63) is 53.1 Å². The first-order valence-electron chi connectivity index (χ1n) is 6.87. The SMILES string of the molecule is CCc1cc(O)cc(O)c1C(=O)CCc1ccc(O)cc1. The van der Waals surface area contributed by atoms with E-state index >= 15 is 0 Å². The summed E-state index contributed by atoms with van der Waals surface area (Å²) in [6.45, 7) is 1.87. The van der Waals surface area contributed by atoms with Crippen molar-refractivity contribution in [2.24, 2.45) is 0 Å². The van der Waals surface area contributed by atoms with Crippen LogP contribution in [0, 0.1) is 0 Å². The molecule has 0 fully saturated rings. The summed E-state index contributed by atoms with van der Waals surface area (Å²) in [5.74, 6) is -0.186. The number of Topliss-reactive ketones (excluding diaryl/α,β-unsaturated/α-hetero) is 1. The Hall–Kier alpha value is -2.49. The molecule has 2 aromatic carbocycles. The molecule has 0 saturated carbocycles. The molecule has 4 heteroatoms. The molecule has 2 aromatic rings. The Morgan fingerprint density at radius 2 is 1.67 bits per heavy atom. The summed E-state index contributed by atoms with van der Waals surface area (Å²) in [4.78, 5) is 12.3. The Morgan fingerprint density at radius 1 is 1.00 bits per heavy atom. The first-order valence-corrected chi connectivity index (χ1v) is 6.87. The van der Waals surface area contributed by atoms with Gasteiger partial charge in [-0.3, -0.25) is 4.79 Å². The highest BCUT2D eigenvalue weighted by molar-refractivity contribution is 6.00. The minimum absolute atomic E-state index is 0.0422. The number of carbonyl (C=O) groups excluding carboxylic acids is 1. The first kappa shape index (κ1) is 14.9. The van der Waals surface area contributed by atoms with Gasteiger partial charge in [0.25, 0.3) is 0 Å². The van der Waals surface area contributed by atoms with Gasteiger partial charge in [0.05, 0.1) is 5.56 Å². The topological polar surface area (TPSA) is 77.8 Å². The van der Waals surface area contributed by atoms with Crippen LogP contribution in [0.4, 0.5) is 0 Å². The van der Waals surface area contributed by atoms with E-state index in [0.29, 0.717) is 18.4 Å². The highest BCUT2D eigenvalue weighted by Crippen LogP contribution is 2.29. The lowest BCUT2D eigenvalue weighted by Gasteiger charge is -2.10. The zero-order valence-electron chi connectivity index (χ0n) is 11.8. The third-order valence-electron chi connectivity index (χ3n) is 3.42. The minimum atomic E-state index is -0.178. The first-order chi connectivity index (χ1) is 10.0.